The molecule has 1 amide bonds. The SMILES string of the molecule is COc1ccc(F)cc1C(=O)NC1COc2cc(OC)c(S(N)(=O)=O)cc2C1. The lowest BCUT2D eigenvalue weighted by Crippen LogP contribution is -2.43. The van der Waals surface area contributed by atoms with Gasteiger partial charge in [0.05, 0.1) is 25.8 Å². The Bertz CT molecular complexity index is 1020. The smallest absolute Gasteiger partial charge is 0.255 e. The molecule has 0 saturated heterocycles. The average Bonchev–Trinajstić information content (AvgIpc) is 2.66. The summed E-state index contributed by atoms with van der Waals surface area (Å²) in [6.45, 7) is 0.147. The molecule has 28 heavy (non-hydrogen) atoms. The van der Waals surface area contributed by atoms with Gasteiger partial charge in [-0.15, -0.1) is 0 Å². The van der Waals surface area contributed by atoms with Crippen LogP contribution in [0.4, 0.5) is 4.39 Å². The van der Waals surface area contributed by atoms with Gasteiger partial charge in [0.25, 0.3) is 5.91 Å². The standard InChI is InChI=1S/C18H19FN2O6S/c1-25-14-4-3-11(19)7-13(14)18(22)21-12-5-10-6-17(28(20,23)24)16(26-2)8-15(10)27-9-12/h3-4,6-8,12H,5,9H2,1-2H3,(H,21,22)(H2,20,23,24). The molecule has 2 aromatic rings. The molecule has 1 aliphatic rings. The van der Waals surface area contributed by atoms with Gasteiger partial charge in [-0.2, -0.15) is 0 Å². The fourth-order valence-corrected chi connectivity index (χ4v) is 3.72. The molecule has 0 bridgehead atoms. The Labute approximate surface area is 161 Å². The Morgan fingerprint density at radius 1 is 1.21 bits per heavy atom. The first kappa shape index (κ1) is 19.9. The first-order valence-electron chi connectivity index (χ1n) is 8.24. The van der Waals surface area contributed by atoms with Gasteiger partial charge in [0.2, 0.25) is 10.0 Å². The van der Waals surface area contributed by atoms with Crippen molar-refractivity contribution in [1.82, 2.24) is 5.32 Å². The number of methoxy groups -OCH3 is 2. The molecule has 3 rings (SSSR count). The van der Waals surface area contributed by atoms with Gasteiger partial charge in [0.1, 0.15) is 34.6 Å². The largest absolute Gasteiger partial charge is 0.496 e. The van der Waals surface area contributed by atoms with Gasteiger partial charge in [0, 0.05) is 6.07 Å². The number of rotatable bonds is 5. The third-order valence-corrected chi connectivity index (χ3v) is 5.23. The van der Waals surface area contributed by atoms with Crippen molar-refractivity contribution in [1.29, 1.82) is 0 Å². The monoisotopic (exact) mass is 410 g/mol. The van der Waals surface area contributed by atoms with Crippen LogP contribution in [0.2, 0.25) is 0 Å². The number of benzene rings is 2. The number of hydrogen-bond donors (Lipinski definition) is 2. The number of fused-ring (bicyclic) bond motifs is 1. The van der Waals surface area contributed by atoms with Crippen molar-refractivity contribution in [3.8, 4) is 17.2 Å². The second kappa shape index (κ2) is 7.64. The quantitative estimate of drug-likeness (QED) is 0.766. The molecule has 1 heterocycles. The maximum Gasteiger partial charge on any atom is 0.255 e. The second-order valence-corrected chi connectivity index (χ2v) is 7.72. The maximum absolute atomic E-state index is 13.5. The predicted octanol–water partition coefficient (Wildman–Crippen LogP) is 1.22. The zero-order valence-corrected chi connectivity index (χ0v) is 16.0. The first-order valence-corrected chi connectivity index (χ1v) is 9.78. The highest BCUT2D eigenvalue weighted by Gasteiger charge is 2.27. The van der Waals surface area contributed by atoms with Gasteiger partial charge in [-0.25, -0.2) is 17.9 Å². The van der Waals surface area contributed by atoms with Gasteiger partial charge in [0.15, 0.2) is 0 Å². The van der Waals surface area contributed by atoms with Crippen LogP contribution in [0.1, 0.15) is 15.9 Å². The molecule has 1 atom stereocenters. The lowest BCUT2D eigenvalue weighted by molar-refractivity contribution is 0.0911. The number of carbonyl (C=O) groups is 1. The average molecular weight is 410 g/mol. The number of halogens is 1. The lowest BCUT2D eigenvalue weighted by atomic mass is 10.0. The Morgan fingerprint density at radius 2 is 1.93 bits per heavy atom. The fraction of sp³-hybridized carbons (Fsp3) is 0.278. The van der Waals surface area contributed by atoms with Crippen LogP contribution >= 0.6 is 0 Å². The molecule has 0 saturated carbocycles. The molecule has 0 aromatic heterocycles. The van der Waals surface area contributed by atoms with E-state index in [1.54, 1.807) is 0 Å². The summed E-state index contributed by atoms with van der Waals surface area (Å²) in [5, 5.41) is 7.98. The summed E-state index contributed by atoms with van der Waals surface area (Å²) < 4.78 is 52.9. The van der Waals surface area contributed by atoms with Gasteiger partial charge >= 0.3 is 0 Å². The summed E-state index contributed by atoms with van der Waals surface area (Å²) in [7, 11) is -1.29. The Balaban J connectivity index is 1.84. The van der Waals surface area contributed by atoms with E-state index in [4.69, 9.17) is 19.3 Å². The first-order chi connectivity index (χ1) is 13.2. The second-order valence-electron chi connectivity index (χ2n) is 6.19. The molecule has 150 valence electrons. The van der Waals surface area contributed by atoms with Crippen LogP contribution < -0.4 is 24.7 Å². The van der Waals surface area contributed by atoms with Crippen LogP contribution in [0.5, 0.6) is 17.2 Å². The molecule has 3 N–H and O–H groups in total. The lowest BCUT2D eigenvalue weighted by Gasteiger charge is -2.27. The third-order valence-electron chi connectivity index (χ3n) is 4.30. The van der Waals surface area contributed by atoms with Crippen molar-refractivity contribution in [3.63, 3.8) is 0 Å². The summed E-state index contributed by atoms with van der Waals surface area (Å²) in [6.07, 6.45) is 0.297. The van der Waals surface area contributed by atoms with Crippen LogP contribution in [-0.2, 0) is 16.4 Å². The van der Waals surface area contributed by atoms with Crippen molar-refractivity contribution in [2.75, 3.05) is 20.8 Å². The minimum absolute atomic E-state index is 0.0493. The molecule has 0 aliphatic carbocycles. The van der Waals surface area contributed by atoms with Crippen molar-refractivity contribution in [3.05, 3.63) is 47.3 Å². The van der Waals surface area contributed by atoms with E-state index < -0.39 is 27.8 Å². The van der Waals surface area contributed by atoms with E-state index >= 15 is 0 Å². The van der Waals surface area contributed by atoms with Crippen LogP contribution in [0.25, 0.3) is 0 Å². The maximum atomic E-state index is 13.5. The van der Waals surface area contributed by atoms with E-state index in [0.717, 1.165) is 6.07 Å². The minimum Gasteiger partial charge on any atom is -0.496 e. The van der Waals surface area contributed by atoms with E-state index in [1.165, 1.54) is 38.5 Å². The molecule has 0 spiro atoms. The van der Waals surface area contributed by atoms with Gasteiger partial charge < -0.3 is 19.5 Å². The summed E-state index contributed by atoms with van der Waals surface area (Å²) in [6, 6.07) is 5.98. The van der Waals surface area contributed by atoms with Crippen LogP contribution in [0, 0.1) is 5.82 Å². The summed E-state index contributed by atoms with van der Waals surface area (Å²) in [5.74, 6) is -0.349. The molecule has 2 aromatic carbocycles. The highest BCUT2D eigenvalue weighted by atomic mass is 32.2. The number of hydrogen-bond acceptors (Lipinski definition) is 6. The molecular formula is C18H19FN2O6S. The van der Waals surface area contributed by atoms with E-state index in [0.29, 0.717) is 17.7 Å². The van der Waals surface area contributed by atoms with Gasteiger partial charge in [-0.1, -0.05) is 0 Å². The van der Waals surface area contributed by atoms with Crippen molar-refractivity contribution < 1.29 is 31.8 Å². The van der Waals surface area contributed by atoms with Crippen molar-refractivity contribution in [2.45, 2.75) is 17.4 Å². The zero-order valence-electron chi connectivity index (χ0n) is 15.2. The summed E-state index contributed by atoms with van der Waals surface area (Å²) >= 11 is 0. The zero-order chi connectivity index (χ0) is 20.5. The minimum atomic E-state index is -4.00. The van der Waals surface area contributed by atoms with Crippen LogP contribution in [0.3, 0.4) is 0 Å². The van der Waals surface area contributed by atoms with E-state index in [1.807, 2.05) is 0 Å². The third kappa shape index (κ3) is 4.02. The highest BCUT2D eigenvalue weighted by molar-refractivity contribution is 7.89. The number of amides is 1. The fourth-order valence-electron chi connectivity index (χ4n) is 2.99. The van der Waals surface area contributed by atoms with E-state index in [2.05, 4.69) is 5.32 Å². The predicted molar refractivity (Wildman–Crippen MR) is 97.8 cm³/mol. The number of sulfonamides is 1. The highest BCUT2D eigenvalue weighted by Crippen LogP contribution is 2.34. The Kier molecular flexibility index (Phi) is 5.43. The summed E-state index contributed by atoms with van der Waals surface area (Å²) in [4.78, 5) is 12.4. The van der Waals surface area contributed by atoms with Crippen LogP contribution in [0.15, 0.2) is 35.2 Å². The van der Waals surface area contributed by atoms with Gasteiger partial charge in [-0.05, 0) is 36.2 Å². The number of primary sulfonamides is 1. The van der Waals surface area contributed by atoms with Crippen molar-refractivity contribution in [2.24, 2.45) is 5.14 Å². The number of nitrogens with two attached hydrogens (primary N) is 1. The number of nitrogens with one attached hydrogen (secondary N) is 1. The Hall–Kier alpha value is -2.85. The Morgan fingerprint density at radius 3 is 2.57 bits per heavy atom. The van der Waals surface area contributed by atoms with Crippen LogP contribution in [-0.4, -0.2) is 41.2 Å². The number of ether oxygens (including phenoxy) is 3. The normalized spacial score (nSPS) is 15.9. The van der Waals surface area contributed by atoms with E-state index in [9.17, 15) is 17.6 Å². The van der Waals surface area contributed by atoms with E-state index in [-0.39, 0.29) is 28.6 Å². The molecule has 8 nitrogen and oxygen atoms in total. The number of carbonyl (C=O) groups excluding carboxylic acids is 1. The molecule has 10 heteroatoms. The molecule has 0 fully saturated rings. The summed E-state index contributed by atoms with van der Waals surface area (Å²) in [5.41, 5.74) is 0.598. The molecule has 0 radical (unpaired) electrons. The molecule has 1 unspecified atom stereocenters. The molecule has 1 aliphatic heterocycles. The molecular weight excluding hydrogens is 391 g/mol. The van der Waals surface area contributed by atoms with Crippen molar-refractivity contribution >= 4 is 15.9 Å². The van der Waals surface area contributed by atoms with Gasteiger partial charge in [-0.3, -0.25) is 4.79 Å². The topological polar surface area (TPSA) is 117 Å².